The standard InChI is InChI=1S/C12H12FNO2/c1-8-5-11(16-2)9(6-10(8)13)12(3-4-12)14-7-15/h5-6H,3-4H2,1-2H3. The first kappa shape index (κ1) is 10.8. The molecule has 1 saturated carbocycles. The van der Waals surface area contributed by atoms with Gasteiger partial charge in [0.1, 0.15) is 17.1 Å². The topological polar surface area (TPSA) is 38.7 Å². The molecule has 0 heterocycles. The maximum atomic E-state index is 13.5. The van der Waals surface area contributed by atoms with Crippen LogP contribution in [-0.2, 0) is 10.3 Å². The zero-order chi connectivity index (χ0) is 11.8. The molecule has 1 aliphatic carbocycles. The first-order valence-electron chi connectivity index (χ1n) is 5.06. The van der Waals surface area contributed by atoms with Crippen LogP contribution >= 0.6 is 0 Å². The van der Waals surface area contributed by atoms with Crippen molar-refractivity contribution in [3.05, 3.63) is 29.1 Å². The van der Waals surface area contributed by atoms with Gasteiger partial charge in [0.05, 0.1) is 7.11 Å². The van der Waals surface area contributed by atoms with E-state index in [0.717, 1.165) is 12.8 Å². The van der Waals surface area contributed by atoms with Crippen molar-refractivity contribution >= 4 is 6.08 Å². The van der Waals surface area contributed by atoms with Crippen LogP contribution in [0.1, 0.15) is 24.0 Å². The van der Waals surface area contributed by atoms with Gasteiger partial charge >= 0.3 is 0 Å². The summed E-state index contributed by atoms with van der Waals surface area (Å²) in [5.74, 6) is 0.276. The van der Waals surface area contributed by atoms with E-state index in [0.29, 0.717) is 16.9 Å². The van der Waals surface area contributed by atoms with Gasteiger partial charge in [-0.15, -0.1) is 0 Å². The van der Waals surface area contributed by atoms with Gasteiger partial charge in [-0.2, -0.15) is 4.99 Å². The van der Waals surface area contributed by atoms with Crippen LogP contribution in [0.4, 0.5) is 4.39 Å². The number of nitrogens with zero attached hydrogens (tertiary/aromatic N) is 1. The number of halogens is 1. The molecule has 0 spiro atoms. The summed E-state index contributed by atoms with van der Waals surface area (Å²) in [6, 6.07) is 3.03. The van der Waals surface area contributed by atoms with Crippen LogP contribution in [0.5, 0.6) is 5.75 Å². The second-order valence-electron chi connectivity index (χ2n) is 4.04. The Hall–Kier alpha value is -1.67. The number of ether oxygens (including phenoxy) is 1. The first-order chi connectivity index (χ1) is 7.63. The highest BCUT2D eigenvalue weighted by Gasteiger charge is 2.47. The van der Waals surface area contributed by atoms with E-state index in [9.17, 15) is 9.18 Å². The normalized spacial score (nSPS) is 16.4. The van der Waals surface area contributed by atoms with E-state index in [2.05, 4.69) is 4.99 Å². The summed E-state index contributed by atoms with van der Waals surface area (Å²) in [5.41, 5.74) is 0.565. The number of hydrogen-bond acceptors (Lipinski definition) is 3. The van der Waals surface area contributed by atoms with E-state index in [-0.39, 0.29) is 5.82 Å². The fraction of sp³-hybridized carbons (Fsp3) is 0.417. The molecule has 1 aromatic rings. The molecule has 16 heavy (non-hydrogen) atoms. The molecule has 0 N–H and O–H groups in total. The lowest BCUT2D eigenvalue weighted by Gasteiger charge is -2.14. The van der Waals surface area contributed by atoms with Crippen molar-refractivity contribution in [1.82, 2.24) is 0 Å². The van der Waals surface area contributed by atoms with E-state index < -0.39 is 5.54 Å². The fourth-order valence-electron chi connectivity index (χ4n) is 1.83. The van der Waals surface area contributed by atoms with Crippen molar-refractivity contribution in [2.75, 3.05) is 7.11 Å². The average Bonchev–Trinajstić information content (AvgIpc) is 3.03. The maximum Gasteiger partial charge on any atom is 0.235 e. The largest absolute Gasteiger partial charge is 0.496 e. The maximum absolute atomic E-state index is 13.5. The Labute approximate surface area is 93.0 Å². The summed E-state index contributed by atoms with van der Waals surface area (Å²) < 4.78 is 18.7. The molecule has 84 valence electrons. The van der Waals surface area contributed by atoms with Crippen LogP contribution in [0, 0.1) is 12.7 Å². The molecule has 0 unspecified atom stereocenters. The molecule has 0 aromatic heterocycles. The SMILES string of the molecule is COc1cc(C)c(F)cc1C1(N=C=O)CC1. The lowest BCUT2D eigenvalue weighted by Crippen LogP contribution is -2.06. The average molecular weight is 221 g/mol. The minimum atomic E-state index is -0.596. The fourth-order valence-corrected chi connectivity index (χ4v) is 1.83. The molecule has 0 saturated heterocycles. The summed E-state index contributed by atoms with van der Waals surface area (Å²) in [6.45, 7) is 1.67. The van der Waals surface area contributed by atoms with Crippen molar-refractivity contribution < 1.29 is 13.9 Å². The molecule has 0 amide bonds. The van der Waals surface area contributed by atoms with Crippen molar-refractivity contribution in [2.45, 2.75) is 25.3 Å². The second-order valence-corrected chi connectivity index (χ2v) is 4.04. The molecule has 1 aromatic carbocycles. The Morgan fingerprint density at radius 2 is 2.19 bits per heavy atom. The summed E-state index contributed by atoms with van der Waals surface area (Å²) in [6.07, 6.45) is 3.03. The number of aryl methyl sites for hydroxylation is 1. The van der Waals surface area contributed by atoms with Crippen LogP contribution in [0.3, 0.4) is 0 Å². The summed E-state index contributed by atoms with van der Waals surface area (Å²) in [4.78, 5) is 14.1. The van der Waals surface area contributed by atoms with E-state index >= 15 is 0 Å². The van der Waals surface area contributed by atoms with Gasteiger partial charge in [0.25, 0.3) is 0 Å². The number of methoxy groups -OCH3 is 1. The Bertz CT molecular complexity index is 474. The minimum Gasteiger partial charge on any atom is -0.496 e. The van der Waals surface area contributed by atoms with E-state index in [4.69, 9.17) is 4.74 Å². The van der Waals surface area contributed by atoms with Crippen LogP contribution in [0.25, 0.3) is 0 Å². The van der Waals surface area contributed by atoms with Crippen molar-refractivity contribution in [1.29, 1.82) is 0 Å². The zero-order valence-electron chi connectivity index (χ0n) is 9.21. The van der Waals surface area contributed by atoms with Crippen LogP contribution in [0.2, 0.25) is 0 Å². The predicted octanol–water partition coefficient (Wildman–Crippen LogP) is 2.47. The van der Waals surface area contributed by atoms with Gasteiger partial charge in [-0.1, -0.05) is 0 Å². The van der Waals surface area contributed by atoms with Crippen molar-refractivity contribution in [3.63, 3.8) is 0 Å². The lowest BCUT2D eigenvalue weighted by molar-refractivity contribution is 0.402. The number of hydrogen-bond donors (Lipinski definition) is 0. The molecule has 0 bridgehead atoms. The van der Waals surface area contributed by atoms with Gasteiger partial charge in [0.2, 0.25) is 6.08 Å². The highest BCUT2D eigenvalue weighted by molar-refractivity contribution is 5.48. The summed E-state index contributed by atoms with van der Waals surface area (Å²) in [7, 11) is 1.52. The smallest absolute Gasteiger partial charge is 0.235 e. The molecule has 0 aliphatic heterocycles. The molecular weight excluding hydrogens is 209 g/mol. The van der Waals surface area contributed by atoms with Gasteiger partial charge in [0, 0.05) is 5.56 Å². The van der Waals surface area contributed by atoms with Crippen LogP contribution in [-0.4, -0.2) is 13.2 Å². The Morgan fingerprint density at radius 1 is 1.50 bits per heavy atom. The third-order valence-corrected chi connectivity index (χ3v) is 2.97. The molecular formula is C12H12FNO2. The highest BCUT2D eigenvalue weighted by Crippen LogP contribution is 2.52. The monoisotopic (exact) mass is 221 g/mol. The van der Waals surface area contributed by atoms with Gasteiger partial charge < -0.3 is 4.74 Å². The van der Waals surface area contributed by atoms with Crippen molar-refractivity contribution in [3.8, 4) is 5.75 Å². The second kappa shape index (κ2) is 3.72. The third-order valence-electron chi connectivity index (χ3n) is 2.97. The van der Waals surface area contributed by atoms with E-state index in [1.54, 1.807) is 19.1 Å². The number of benzene rings is 1. The van der Waals surface area contributed by atoms with Crippen LogP contribution < -0.4 is 4.74 Å². The first-order valence-corrected chi connectivity index (χ1v) is 5.06. The minimum absolute atomic E-state index is 0.303. The molecule has 1 fully saturated rings. The Balaban J connectivity index is 2.55. The van der Waals surface area contributed by atoms with Crippen LogP contribution in [0.15, 0.2) is 17.1 Å². The van der Waals surface area contributed by atoms with Gasteiger partial charge in [0.15, 0.2) is 0 Å². The predicted molar refractivity (Wildman–Crippen MR) is 56.7 cm³/mol. The molecule has 0 atom stereocenters. The van der Waals surface area contributed by atoms with E-state index in [1.807, 2.05) is 0 Å². The van der Waals surface area contributed by atoms with E-state index in [1.165, 1.54) is 13.2 Å². The summed E-state index contributed by atoms with van der Waals surface area (Å²) in [5, 5.41) is 0. The molecule has 1 aliphatic rings. The van der Waals surface area contributed by atoms with Gasteiger partial charge in [-0.25, -0.2) is 9.18 Å². The zero-order valence-corrected chi connectivity index (χ0v) is 9.21. The van der Waals surface area contributed by atoms with Gasteiger partial charge in [-0.3, -0.25) is 0 Å². The third kappa shape index (κ3) is 1.61. The molecule has 3 nitrogen and oxygen atoms in total. The Morgan fingerprint density at radius 3 is 2.69 bits per heavy atom. The quantitative estimate of drug-likeness (QED) is 0.581. The number of isocyanates is 1. The number of rotatable bonds is 3. The molecule has 4 heteroatoms. The lowest BCUT2D eigenvalue weighted by atomic mass is 10.0. The molecule has 2 rings (SSSR count). The van der Waals surface area contributed by atoms with Gasteiger partial charge in [-0.05, 0) is 37.5 Å². The highest BCUT2D eigenvalue weighted by atomic mass is 19.1. The Kier molecular flexibility index (Phi) is 2.52. The molecule has 0 radical (unpaired) electrons. The number of carbonyl (C=O) groups excluding carboxylic acids is 1. The summed E-state index contributed by atoms with van der Waals surface area (Å²) >= 11 is 0. The van der Waals surface area contributed by atoms with Crippen molar-refractivity contribution in [2.24, 2.45) is 4.99 Å². The number of aliphatic imine (C=N–C) groups is 1.